The number of anilines is 2. The lowest BCUT2D eigenvalue weighted by Crippen LogP contribution is -2.15. The maximum Gasteiger partial charge on any atom is 0.0672 e. The number of fused-ring (bicyclic) bond motifs is 1. The van der Waals surface area contributed by atoms with Crippen molar-refractivity contribution < 1.29 is 0 Å². The molecule has 0 unspecified atom stereocenters. The molecular formula is C12H14N4. The van der Waals surface area contributed by atoms with Crippen LogP contribution in [0.3, 0.4) is 0 Å². The minimum atomic E-state index is 0.475. The van der Waals surface area contributed by atoms with Crippen LogP contribution in [0, 0.1) is 0 Å². The van der Waals surface area contributed by atoms with Gasteiger partial charge in [0, 0.05) is 11.4 Å². The van der Waals surface area contributed by atoms with Gasteiger partial charge in [-0.2, -0.15) is 5.10 Å². The number of nitrogens with zero attached hydrogens (tertiary/aromatic N) is 1. The van der Waals surface area contributed by atoms with Gasteiger partial charge in [0.05, 0.1) is 23.1 Å². The second-order valence-electron chi connectivity index (χ2n) is 4.18. The summed E-state index contributed by atoms with van der Waals surface area (Å²) in [4.78, 5) is 0. The van der Waals surface area contributed by atoms with Crippen LogP contribution >= 0.6 is 0 Å². The second-order valence-corrected chi connectivity index (χ2v) is 4.18. The molecule has 0 atom stereocenters. The zero-order valence-corrected chi connectivity index (χ0v) is 8.90. The molecule has 1 heterocycles. The van der Waals surface area contributed by atoms with Crippen molar-refractivity contribution in [1.29, 1.82) is 0 Å². The quantitative estimate of drug-likeness (QED) is 0.530. The Balaban J connectivity index is 1.92. The number of nitrogens with two attached hydrogens (primary N) is 1. The van der Waals surface area contributed by atoms with Gasteiger partial charge in [0.2, 0.25) is 0 Å². The van der Waals surface area contributed by atoms with Crippen LogP contribution in [-0.2, 0) is 0 Å². The molecule has 0 radical (unpaired) electrons. The lowest BCUT2D eigenvalue weighted by atomic mass is 10.1. The lowest BCUT2D eigenvalue weighted by Gasteiger charge is -2.15. The number of hydrogen-bond donors (Lipinski definition) is 3. The van der Waals surface area contributed by atoms with E-state index in [2.05, 4.69) is 27.7 Å². The predicted molar refractivity (Wildman–Crippen MR) is 66.3 cm³/mol. The van der Waals surface area contributed by atoms with Gasteiger partial charge in [-0.05, 0) is 25.0 Å². The molecule has 4 N–H and O–H groups in total. The third-order valence-corrected chi connectivity index (χ3v) is 2.98. The van der Waals surface area contributed by atoms with Crippen LogP contribution in [0.4, 0.5) is 11.4 Å². The number of nitrogens with one attached hydrogen (secondary N) is 2. The first-order chi connectivity index (χ1) is 7.83. The van der Waals surface area contributed by atoms with Gasteiger partial charge < -0.3 is 11.1 Å². The Morgan fingerprint density at radius 3 is 2.94 bits per heavy atom. The summed E-state index contributed by atoms with van der Waals surface area (Å²) >= 11 is 0. The molecular weight excluding hydrogens is 200 g/mol. The molecule has 2 aromatic rings. The van der Waals surface area contributed by atoms with Gasteiger partial charge in [0.1, 0.15) is 0 Å². The van der Waals surface area contributed by atoms with Crippen LogP contribution < -0.4 is 11.1 Å². The SMILES string of the molecule is Nc1cc2cn[nH]c2cc1NC1CC=CC1. The Morgan fingerprint density at radius 1 is 1.31 bits per heavy atom. The molecule has 1 aliphatic carbocycles. The van der Waals surface area contributed by atoms with Gasteiger partial charge in [-0.25, -0.2) is 0 Å². The molecule has 0 amide bonds. The number of aromatic nitrogens is 2. The monoisotopic (exact) mass is 214 g/mol. The van der Waals surface area contributed by atoms with Crippen molar-refractivity contribution in [3.05, 3.63) is 30.5 Å². The standard InChI is InChI=1S/C12H14N4/c13-10-5-8-7-14-16-11(8)6-12(10)15-9-3-1-2-4-9/h1-2,5-7,9,15H,3-4,13H2,(H,14,16). The van der Waals surface area contributed by atoms with Gasteiger partial charge in [-0.3, -0.25) is 5.10 Å². The van der Waals surface area contributed by atoms with E-state index in [9.17, 15) is 0 Å². The minimum absolute atomic E-state index is 0.475. The molecule has 0 saturated carbocycles. The third-order valence-electron chi connectivity index (χ3n) is 2.98. The predicted octanol–water partition coefficient (Wildman–Crippen LogP) is 2.28. The number of benzene rings is 1. The molecule has 3 rings (SSSR count). The van der Waals surface area contributed by atoms with Crippen LogP contribution in [0.2, 0.25) is 0 Å². The van der Waals surface area contributed by atoms with Crippen molar-refractivity contribution in [3.8, 4) is 0 Å². The van der Waals surface area contributed by atoms with E-state index >= 15 is 0 Å². The van der Waals surface area contributed by atoms with Gasteiger partial charge >= 0.3 is 0 Å². The number of nitrogen functional groups attached to an aromatic ring is 1. The number of hydrogen-bond acceptors (Lipinski definition) is 3. The first-order valence-corrected chi connectivity index (χ1v) is 5.47. The molecule has 4 nitrogen and oxygen atoms in total. The summed E-state index contributed by atoms with van der Waals surface area (Å²) in [5.74, 6) is 0. The number of rotatable bonds is 2. The van der Waals surface area contributed by atoms with Crippen molar-refractivity contribution in [1.82, 2.24) is 10.2 Å². The van der Waals surface area contributed by atoms with E-state index in [4.69, 9.17) is 5.73 Å². The highest BCUT2D eigenvalue weighted by molar-refractivity contribution is 5.88. The molecule has 1 aromatic carbocycles. The Morgan fingerprint density at radius 2 is 2.12 bits per heavy atom. The third kappa shape index (κ3) is 1.52. The van der Waals surface area contributed by atoms with E-state index in [1.54, 1.807) is 6.20 Å². The van der Waals surface area contributed by atoms with Crippen LogP contribution in [0.15, 0.2) is 30.5 Å². The molecule has 0 spiro atoms. The fourth-order valence-corrected chi connectivity index (χ4v) is 2.09. The molecule has 0 bridgehead atoms. The Kier molecular flexibility index (Phi) is 2.06. The molecule has 0 aliphatic heterocycles. The Labute approximate surface area is 93.5 Å². The highest BCUT2D eigenvalue weighted by Crippen LogP contribution is 2.27. The van der Waals surface area contributed by atoms with Crippen molar-refractivity contribution in [2.75, 3.05) is 11.1 Å². The maximum atomic E-state index is 6.00. The zero-order chi connectivity index (χ0) is 11.0. The summed E-state index contributed by atoms with van der Waals surface area (Å²) in [7, 11) is 0. The normalized spacial score (nSPS) is 16.0. The zero-order valence-electron chi connectivity index (χ0n) is 8.90. The van der Waals surface area contributed by atoms with Gasteiger partial charge in [0.25, 0.3) is 0 Å². The molecule has 4 heteroatoms. The van der Waals surface area contributed by atoms with E-state index in [1.165, 1.54) is 0 Å². The van der Waals surface area contributed by atoms with Crippen LogP contribution in [-0.4, -0.2) is 16.2 Å². The summed E-state index contributed by atoms with van der Waals surface area (Å²) in [6, 6.07) is 4.45. The first kappa shape index (κ1) is 9.27. The topological polar surface area (TPSA) is 66.7 Å². The van der Waals surface area contributed by atoms with E-state index < -0.39 is 0 Å². The highest BCUT2D eigenvalue weighted by atomic mass is 15.1. The largest absolute Gasteiger partial charge is 0.397 e. The molecule has 0 fully saturated rings. The Hall–Kier alpha value is -1.97. The summed E-state index contributed by atoms with van der Waals surface area (Å²) in [6.45, 7) is 0. The second kappa shape index (κ2) is 3.56. The number of aromatic amines is 1. The average molecular weight is 214 g/mol. The highest BCUT2D eigenvalue weighted by Gasteiger charge is 2.12. The van der Waals surface area contributed by atoms with Crippen molar-refractivity contribution in [2.45, 2.75) is 18.9 Å². The van der Waals surface area contributed by atoms with Crippen molar-refractivity contribution in [2.24, 2.45) is 0 Å². The van der Waals surface area contributed by atoms with Crippen LogP contribution in [0.25, 0.3) is 10.9 Å². The summed E-state index contributed by atoms with van der Waals surface area (Å²) in [5, 5.41) is 11.5. The molecule has 82 valence electrons. The molecule has 0 saturated heterocycles. The summed E-state index contributed by atoms with van der Waals surface area (Å²) in [6.07, 6.45) is 8.32. The smallest absolute Gasteiger partial charge is 0.0672 e. The van der Waals surface area contributed by atoms with Crippen LogP contribution in [0.1, 0.15) is 12.8 Å². The molecule has 1 aliphatic rings. The average Bonchev–Trinajstić information content (AvgIpc) is 2.89. The van der Waals surface area contributed by atoms with Gasteiger partial charge in [0.15, 0.2) is 0 Å². The number of H-pyrrole nitrogens is 1. The van der Waals surface area contributed by atoms with E-state index in [0.717, 1.165) is 35.1 Å². The van der Waals surface area contributed by atoms with Crippen molar-refractivity contribution in [3.63, 3.8) is 0 Å². The maximum absolute atomic E-state index is 6.00. The van der Waals surface area contributed by atoms with Gasteiger partial charge in [-0.15, -0.1) is 0 Å². The first-order valence-electron chi connectivity index (χ1n) is 5.47. The summed E-state index contributed by atoms with van der Waals surface area (Å²) in [5.41, 5.74) is 8.79. The van der Waals surface area contributed by atoms with Crippen LogP contribution in [0.5, 0.6) is 0 Å². The van der Waals surface area contributed by atoms with E-state index in [1.807, 2.05) is 12.1 Å². The minimum Gasteiger partial charge on any atom is -0.397 e. The van der Waals surface area contributed by atoms with Gasteiger partial charge in [-0.1, -0.05) is 12.2 Å². The molecule has 16 heavy (non-hydrogen) atoms. The van der Waals surface area contributed by atoms with E-state index in [0.29, 0.717) is 6.04 Å². The Bertz CT molecular complexity index is 533. The van der Waals surface area contributed by atoms with Crippen molar-refractivity contribution >= 4 is 22.3 Å². The molecule has 1 aromatic heterocycles. The lowest BCUT2D eigenvalue weighted by molar-refractivity contribution is 0.787. The summed E-state index contributed by atoms with van der Waals surface area (Å²) < 4.78 is 0. The fourth-order valence-electron chi connectivity index (χ4n) is 2.09. The van der Waals surface area contributed by atoms with E-state index in [-0.39, 0.29) is 0 Å². The fraction of sp³-hybridized carbons (Fsp3) is 0.250.